The molecule has 2 aromatic carbocycles. The molecule has 1 aromatic heterocycles. The maximum absolute atomic E-state index is 13.9. The summed E-state index contributed by atoms with van der Waals surface area (Å²) in [5.41, 5.74) is 1.32. The Kier molecular flexibility index (Phi) is 9.89. The number of aliphatic hydroxyl groups excluding tert-OH is 1. The van der Waals surface area contributed by atoms with Crippen LogP contribution in [0.5, 0.6) is 5.75 Å². The lowest BCUT2D eigenvalue weighted by Crippen LogP contribution is -2.52. The highest BCUT2D eigenvalue weighted by molar-refractivity contribution is 5.69. The van der Waals surface area contributed by atoms with Crippen molar-refractivity contribution in [3.63, 3.8) is 0 Å². The number of piperidine rings is 1. The molecule has 3 aromatic rings. The maximum Gasteiger partial charge on any atom is 0.421 e. The van der Waals surface area contributed by atoms with Gasteiger partial charge in [-0.1, -0.05) is 30.3 Å². The Bertz CT molecular complexity index is 1330. The molecule has 0 radical (unpaired) electrons. The van der Waals surface area contributed by atoms with Crippen molar-refractivity contribution in [1.29, 1.82) is 0 Å². The van der Waals surface area contributed by atoms with E-state index in [1.807, 2.05) is 24.3 Å². The fourth-order valence-corrected chi connectivity index (χ4v) is 5.84. The number of ether oxygens (including phenoxy) is 1. The molecule has 3 N–H and O–H groups in total. The number of rotatable bonds is 10. The van der Waals surface area contributed by atoms with Gasteiger partial charge < -0.3 is 30.3 Å². The monoisotopic (exact) mass is 599 g/mol. The van der Waals surface area contributed by atoms with E-state index in [0.717, 1.165) is 69.6 Å². The molecule has 1 unspecified atom stereocenters. The number of piperazine rings is 1. The third kappa shape index (κ3) is 7.67. The molecular weight excluding hydrogens is 559 g/mol. The first-order valence-corrected chi connectivity index (χ1v) is 14.7. The lowest BCUT2D eigenvalue weighted by atomic mass is 10.0. The summed E-state index contributed by atoms with van der Waals surface area (Å²) in [5, 5.41) is 15.5. The minimum absolute atomic E-state index is 0.00893. The Morgan fingerprint density at radius 1 is 1.02 bits per heavy atom. The topological polar surface area (TPSA) is 89.0 Å². The van der Waals surface area contributed by atoms with Gasteiger partial charge >= 0.3 is 6.18 Å². The van der Waals surface area contributed by atoms with Crippen molar-refractivity contribution in [3.8, 4) is 5.75 Å². The van der Waals surface area contributed by atoms with E-state index in [9.17, 15) is 18.3 Å². The first-order chi connectivity index (χ1) is 20.7. The molecular formula is C31H40F3N7O2. The lowest BCUT2D eigenvalue weighted by Gasteiger charge is -2.42. The number of nitrogens with one attached hydrogen (secondary N) is 2. The summed E-state index contributed by atoms with van der Waals surface area (Å²) < 4.78 is 47.4. The highest BCUT2D eigenvalue weighted by Crippen LogP contribution is 2.37. The third-order valence-corrected chi connectivity index (χ3v) is 8.34. The van der Waals surface area contributed by atoms with Gasteiger partial charge in [0.2, 0.25) is 5.95 Å². The minimum atomic E-state index is -4.67. The van der Waals surface area contributed by atoms with Gasteiger partial charge in [-0.3, -0.25) is 4.90 Å². The van der Waals surface area contributed by atoms with Crippen LogP contribution in [0.3, 0.4) is 0 Å². The van der Waals surface area contributed by atoms with Gasteiger partial charge in [0.15, 0.2) is 0 Å². The van der Waals surface area contributed by atoms with Crippen LogP contribution < -0.4 is 20.3 Å². The van der Waals surface area contributed by atoms with Crippen molar-refractivity contribution >= 4 is 23.1 Å². The zero-order valence-electron chi connectivity index (χ0n) is 24.6. The number of halogens is 3. The van der Waals surface area contributed by atoms with Gasteiger partial charge in [-0.2, -0.15) is 18.2 Å². The molecule has 2 aliphatic rings. The van der Waals surface area contributed by atoms with E-state index in [0.29, 0.717) is 17.5 Å². The summed E-state index contributed by atoms with van der Waals surface area (Å²) in [6, 6.07) is 14.8. The van der Waals surface area contributed by atoms with Crippen molar-refractivity contribution in [2.45, 2.75) is 37.5 Å². The third-order valence-electron chi connectivity index (χ3n) is 8.34. The van der Waals surface area contributed by atoms with Crippen LogP contribution in [-0.2, 0) is 6.18 Å². The molecule has 12 heteroatoms. The standard InChI is InChI=1S/C31H40F3N7O2/c1-39-15-17-41(18-16-39)23-10-13-40(14-11-23)24-8-9-27(28(20-24)43-2)37-30-35-21-25(31(32,33)34)29(38-30)36-26(12-19-42)22-6-4-3-5-7-22/h3-9,20-21,23,26,42H,10-19H2,1-2H3,(H2,35,36,37,38). The van der Waals surface area contributed by atoms with E-state index >= 15 is 0 Å². The van der Waals surface area contributed by atoms with Gasteiger partial charge in [0.1, 0.15) is 17.1 Å². The molecule has 0 spiro atoms. The number of anilines is 4. The van der Waals surface area contributed by atoms with Crippen LogP contribution >= 0.6 is 0 Å². The first kappa shape index (κ1) is 30.8. The Balaban J connectivity index is 1.31. The maximum atomic E-state index is 13.9. The van der Waals surface area contributed by atoms with E-state index in [2.05, 4.69) is 42.3 Å². The molecule has 232 valence electrons. The molecule has 2 saturated heterocycles. The van der Waals surface area contributed by atoms with Crippen LogP contribution in [0.1, 0.15) is 36.4 Å². The number of hydrogen-bond donors (Lipinski definition) is 3. The van der Waals surface area contributed by atoms with Gasteiger partial charge in [-0.15, -0.1) is 0 Å². The van der Waals surface area contributed by atoms with Crippen molar-refractivity contribution < 1.29 is 23.0 Å². The SMILES string of the molecule is COc1cc(N2CCC(N3CCN(C)CC3)CC2)ccc1Nc1ncc(C(F)(F)F)c(NC(CCO)c2ccccc2)n1. The molecule has 0 amide bonds. The van der Waals surface area contributed by atoms with Crippen LogP contribution in [0.25, 0.3) is 0 Å². The van der Waals surface area contributed by atoms with Gasteiger partial charge in [0.05, 0.1) is 18.8 Å². The number of benzene rings is 2. The fourth-order valence-electron chi connectivity index (χ4n) is 5.84. The minimum Gasteiger partial charge on any atom is -0.494 e. The van der Waals surface area contributed by atoms with Crippen molar-refractivity contribution in [2.24, 2.45) is 0 Å². The largest absolute Gasteiger partial charge is 0.494 e. The second-order valence-electron chi connectivity index (χ2n) is 11.1. The number of alkyl halides is 3. The van der Waals surface area contributed by atoms with Crippen LogP contribution in [0.2, 0.25) is 0 Å². The Morgan fingerprint density at radius 2 is 1.74 bits per heavy atom. The average Bonchev–Trinajstić information content (AvgIpc) is 3.01. The van der Waals surface area contributed by atoms with Crippen LogP contribution in [-0.4, -0.2) is 90.9 Å². The molecule has 0 bridgehead atoms. The zero-order chi connectivity index (χ0) is 30.4. The number of aliphatic hydroxyl groups is 1. The van der Waals surface area contributed by atoms with Crippen molar-refractivity contribution in [3.05, 3.63) is 65.9 Å². The van der Waals surface area contributed by atoms with E-state index in [1.54, 1.807) is 31.4 Å². The zero-order valence-corrected chi connectivity index (χ0v) is 24.6. The van der Waals surface area contributed by atoms with Gasteiger partial charge in [0, 0.05) is 69.9 Å². The molecule has 2 fully saturated rings. The predicted octanol–water partition coefficient (Wildman–Crippen LogP) is 5.00. The predicted molar refractivity (Wildman–Crippen MR) is 162 cm³/mol. The summed E-state index contributed by atoms with van der Waals surface area (Å²) in [6.45, 7) is 6.15. The summed E-state index contributed by atoms with van der Waals surface area (Å²) in [4.78, 5) is 15.5. The molecule has 1 atom stereocenters. The van der Waals surface area contributed by atoms with E-state index in [4.69, 9.17) is 4.74 Å². The normalized spacial score (nSPS) is 18.0. The Morgan fingerprint density at radius 3 is 2.40 bits per heavy atom. The lowest BCUT2D eigenvalue weighted by molar-refractivity contribution is -0.137. The van der Waals surface area contributed by atoms with Gasteiger partial charge in [-0.05, 0) is 44.0 Å². The van der Waals surface area contributed by atoms with Crippen molar-refractivity contribution in [2.75, 3.05) is 75.6 Å². The Hall–Kier alpha value is -3.61. The number of nitrogens with zero attached hydrogens (tertiary/aromatic N) is 5. The van der Waals surface area contributed by atoms with Crippen LogP contribution in [0, 0.1) is 0 Å². The number of likely N-dealkylation sites (N-methyl/N-ethyl adjacent to an activating group) is 1. The summed E-state index contributed by atoms with van der Waals surface area (Å²) in [6.07, 6.45) is -1.50. The highest BCUT2D eigenvalue weighted by atomic mass is 19.4. The van der Waals surface area contributed by atoms with Crippen molar-refractivity contribution in [1.82, 2.24) is 19.8 Å². The first-order valence-electron chi connectivity index (χ1n) is 14.7. The van der Waals surface area contributed by atoms with Gasteiger partial charge in [0.25, 0.3) is 0 Å². The van der Waals surface area contributed by atoms with Gasteiger partial charge in [-0.25, -0.2) is 4.98 Å². The smallest absolute Gasteiger partial charge is 0.421 e. The molecule has 9 nitrogen and oxygen atoms in total. The van der Waals surface area contributed by atoms with E-state index < -0.39 is 17.8 Å². The quantitative estimate of drug-likeness (QED) is 0.298. The second-order valence-corrected chi connectivity index (χ2v) is 11.1. The highest BCUT2D eigenvalue weighted by Gasteiger charge is 2.36. The average molecular weight is 600 g/mol. The molecule has 3 heterocycles. The molecule has 2 aliphatic heterocycles. The number of hydrogen-bond acceptors (Lipinski definition) is 9. The van der Waals surface area contributed by atoms with E-state index in [1.165, 1.54) is 0 Å². The summed E-state index contributed by atoms with van der Waals surface area (Å²) in [5.74, 6) is 0.163. The summed E-state index contributed by atoms with van der Waals surface area (Å²) in [7, 11) is 3.73. The molecule has 5 rings (SSSR count). The van der Waals surface area contributed by atoms with E-state index in [-0.39, 0.29) is 24.8 Å². The molecule has 0 saturated carbocycles. The number of aromatic nitrogens is 2. The number of methoxy groups -OCH3 is 1. The van der Waals surface area contributed by atoms with Crippen LogP contribution in [0.15, 0.2) is 54.7 Å². The fraction of sp³-hybridized carbons (Fsp3) is 0.484. The molecule has 43 heavy (non-hydrogen) atoms. The Labute approximate surface area is 250 Å². The second kappa shape index (κ2) is 13.8. The van der Waals surface area contributed by atoms with Crippen LogP contribution in [0.4, 0.5) is 36.3 Å². The summed E-state index contributed by atoms with van der Waals surface area (Å²) >= 11 is 0. The molecule has 0 aliphatic carbocycles.